The molecule has 0 aromatic rings. The van der Waals surface area contributed by atoms with Crippen LogP contribution in [0.25, 0.3) is 0 Å². The molecular weight excluding hydrogens is 676 g/mol. The van der Waals surface area contributed by atoms with E-state index < -0.39 is 42.0 Å². The number of carbonyl (C=O) groups is 2. The molecule has 9 nitrogen and oxygen atoms in total. The van der Waals surface area contributed by atoms with Crippen molar-refractivity contribution < 1.29 is 41.5 Å². The van der Waals surface area contributed by atoms with Gasteiger partial charge in [-0.25, -0.2) is 0 Å². The molecule has 12 heteroatoms. The van der Waals surface area contributed by atoms with Crippen LogP contribution in [0, 0.1) is 17.8 Å². The van der Waals surface area contributed by atoms with Crippen molar-refractivity contribution in [3.8, 4) is 0 Å². The molecule has 0 aromatic heterocycles. The predicted octanol–water partition coefficient (Wildman–Crippen LogP) is 9.59. The summed E-state index contributed by atoms with van der Waals surface area (Å²) < 4.78 is 50.5. The quantitative estimate of drug-likeness (QED) is 0.0977. The highest BCUT2D eigenvalue weighted by Gasteiger charge is 2.48. The normalized spacial score (nSPS) is 29.1. The number of ether oxygens (including phenoxy) is 2. The summed E-state index contributed by atoms with van der Waals surface area (Å²) in [6.07, 6.45) is 8.48. The molecule has 1 fully saturated rings. The van der Waals surface area contributed by atoms with E-state index in [0.717, 1.165) is 12.0 Å². The van der Waals surface area contributed by atoms with Crippen LogP contribution in [-0.4, -0.2) is 71.9 Å². The number of hydrogen-bond donors (Lipinski definition) is 0. The van der Waals surface area contributed by atoms with Gasteiger partial charge in [0, 0.05) is 18.8 Å². The highest BCUT2D eigenvalue weighted by Crippen LogP contribution is 2.54. The van der Waals surface area contributed by atoms with Gasteiger partial charge in [0.1, 0.15) is 12.2 Å². The maximum atomic E-state index is 13.8. The summed E-state index contributed by atoms with van der Waals surface area (Å²) in [7, 11) is -7.93. The van der Waals surface area contributed by atoms with E-state index in [2.05, 4.69) is 92.9 Å². The van der Waals surface area contributed by atoms with Gasteiger partial charge in [-0.2, -0.15) is 0 Å². The summed E-state index contributed by atoms with van der Waals surface area (Å²) in [6, 6.07) is 0. The van der Waals surface area contributed by atoms with E-state index in [9.17, 15) is 14.2 Å². The monoisotopic (exact) mass is 742 g/mol. The molecule has 1 saturated heterocycles. The minimum absolute atomic E-state index is 0.00765. The lowest BCUT2D eigenvalue weighted by atomic mass is 9.66. The van der Waals surface area contributed by atoms with Crippen LogP contribution < -0.4 is 0 Å². The van der Waals surface area contributed by atoms with Gasteiger partial charge in [-0.15, -0.1) is 0 Å². The highest BCUT2D eigenvalue weighted by atomic mass is 31.2. The molecule has 0 bridgehead atoms. The highest BCUT2D eigenvalue weighted by molar-refractivity contribution is 7.55. The Morgan fingerprint density at radius 2 is 1.53 bits per heavy atom. The van der Waals surface area contributed by atoms with Crippen molar-refractivity contribution in [2.24, 2.45) is 17.8 Å². The second-order valence-corrected chi connectivity index (χ2v) is 29.3. The third-order valence-electron chi connectivity index (χ3n) is 11.6. The minimum atomic E-state index is -3.72. The van der Waals surface area contributed by atoms with Crippen molar-refractivity contribution in [3.63, 3.8) is 0 Å². The molecule has 0 spiro atoms. The largest absolute Gasteiger partial charge is 0.462 e. The maximum absolute atomic E-state index is 13.8. The van der Waals surface area contributed by atoms with Crippen LogP contribution in [0.15, 0.2) is 23.8 Å². The topological polar surface area (TPSA) is 107 Å². The summed E-state index contributed by atoms with van der Waals surface area (Å²) in [4.78, 5) is 26.6. The zero-order valence-electron chi connectivity index (χ0n) is 32.9. The Morgan fingerprint density at radius 3 is 2.08 bits per heavy atom. The van der Waals surface area contributed by atoms with E-state index >= 15 is 0 Å². The molecule has 1 aliphatic heterocycles. The second kappa shape index (κ2) is 16.3. The Bertz CT molecular complexity index is 1260. The summed E-state index contributed by atoms with van der Waals surface area (Å²) in [5.74, 6) is -0.545. The van der Waals surface area contributed by atoms with Gasteiger partial charge in [0.2, 0.25) is 0 Å². The van der Waals surface area contributed by atoms with Crippen LogP contribution in [0.5, 0.6) is 0 Å². The van der Waals surface area contributed by atoms with E-state index in [4.69, 9.17) is 27.4 Å². The molecule has 282 valence electrons. The van der Waals surface area contributed by atoms with Crippen molar-refractivity contribution in [2.45, 2.75) is 168 Å². The summed E-state index contributed by atoms with van der Waals surface area (Å²) in [5.41, 5.74) is 0.0251. The second-order valence-electron chi connectivity index (χ2n) is 17.4. The van der Waals surface area contributed by atoms with Gasteiger partial charge in [-0.05, 0) is 87.3 Å². The van der Waals surface area contributed by atoms with Crippen LogP contribution in [0.3, 0.4) is 0 Å². The van der Waals surface area contributed by atoms with E-state index in [0.29, 0.717) is 25.7 Å². The third-order valence-corrected chi connectivity index (χ3v) is 23.1. The molecule has 8 atom stereocenters. The van der Waals surface area contributed by atoms with Crippen molar-refractivity contribution in [2.75, 3.05) is 13.2 Å². The lowest BCUT2D eigenvalue weighted by Crippen LogP contribution is -2.49. The molecule has 0 saturated carbocycles. The molecule has 2 unspecified atom stereocenters. The number of esters is 2. The van der Waals surface area contributed by atoms with E-state index in [-0.39, 0.29) is 65.3 Å². The van der Waals surface area contributed by atoms with Crippen molar-refractivity contribution >= 4 is 36.2 Å². The van der Waals surface area contributed by atoms with Crippen LogP contribution >= 0.6 is 7.60 Å². The van der Waals surface area contributed by atoms with Crippen molar-refractivity contribution in [1.82, 2.24) is 0 Å². The fourth-order valence-corrected chi connectivity index (χ4v) is 10.9. The first kappa shape index (κ1) is 42.3. The van der Waals surface area contributed by atoms with Crippen molar-refractivity contribution in [3.05, 3.63) is 23.8 Å². The molecule has 3 rings (SSSR count). The van der Waals surface area contributed by atoms with Gasteiger partial charge in [0.15, 0.2) is 22.3 Å². The van der Waals surface area contributed by atoms with E-state index in [1.54, 1.807) is 20.8 Å². The zero-order chi connectivity index (χ0) is 37.2. The van der Waals surface area contributed by atoms with E-state index in [1.807, 2.05) is 0 Å². The fraction of sp³-hybridized carbons (Fsp3) is 0.838. The Kier molecular flexibility index (Phi) is 14.1. The van der Waals surface area contributed by atoms with Crippen LogP contribution in [0.4, 0.5) is 0 Å². The summed E-state index contributed by atoms with van der Waals surface area (Å²) in [6.45, 7) is 29.8. The first-order chi connectivity index (χ1) is 22.4. The molecule has 0 aromatic carbocycles. The Labute approximate surface area is 299 Å². The average Bonchev–Trinajstić information content (AvgIpc) is 2.94. The van der Waals surface area contributed by atoms with Crippen molar-refractivity contribution in [1.29, 1.82) is 0 Å². The van der Waals surface area contributed by atoms with Gasteiger partial charge in [0.25, 0.3) is 0 Å². The van der Waals surface area contributed by atoms with Crippen LogP contribution in [0.1, 0.15) is 101 Å². The zero-order valence-corrected chi connectivity index (χ0v) is 35.8. The number of carbonyl (C=O) groups excluding carboxylic acids is 2. The first-order valence-electron chi connectivity index (χ1n) is 18.5. The number of rotatable bonds is 14. The van der Waals surface area contributed by atoms with Crippen LogP contribution in [0.2, 0.25) is 36.3 Å². The van der Waals surface area contributed by atoms with Gasteiger partial charge < -0.3 is 27.4 Å². The third kappa shape index (κ3) is 10.5. The van der Waals surface area contributed by atoms with E-state index in [1.165, 1.54) is 0 Å². The number of hydrogen-bond acceptors (Lipinski definition) is 9. The van der Waals surface area contributed by atoms with Gasteiger partial charge in [0.05, 0.1) is 31.8 Å². The predicted molar refractivity (Wildman–Crippen MR) is 201 cm³/mol. The first-order valence-corrected chi connectivity index (χ1v) is 25.9. The standard InChI is InChI=1S/C37H67O9PSi2/c1-15-41-47(40,42-16-2)26(4)35(39)44-32-23-29(45-48(11,12)36(5,6)7)21-27-18-17-25(3)31(34(27)32)20-19-28-22-30(24-33(38)43-28)46-49(13,14)37(8,9)10/h17-18,21,25-26,28-32,34H,15-16,19-20,22-24H2,1-14H3/t25-,26?,28+,29+,30+,31-,32-,34?/m0/s1. The molecule has 1 heterocycles. The molecule has 3 aliphatic rings. The Morgan fingerprint density at radius 1 is 0.959 bits per heavy atom. The summed E-state index contributed by atoms with van der Waals surface area (Å²) in [5, 5.41) is 0.0559. The molecule has 0 amide bonds. The average molecular weight is 743 g/mol. The summed E-state index contributed by atoms with van der Waals surface area (Å²) >= 11 is 0. The smallest absolute Gasteiger partial charge is 0.344 e. The Balaban J connectivity index is 1.89. The lowest BCUT2D eigenvalue weighted by Gasteiger charge is -2.46. The van der Waals surface area contributed by atoms with Gasteiger partial charge >= 0.3 is 19.5 Å². The number of cyclic esters (lactones) is 1. The van der Waals surface area contributed by atoms with Crippen LogP contribution in [-0.2, 0) is 41.5 Å². The fourth-order valence-electron chi connectivity index (χ4n) is 6.69. The minimum Gasteiger partial charge on any atom is -0.462 e. The van der Waals surface area contributed by atoms with Gasteiger partial charge in [-0.1, -0.05) is 66.7 Å². The lowest BCUT2D eigenvalue weighted by molar-refractivity contribution is -0.161. The molecule has 0 radical (unpaired) electrons. The SMILES string of the molecule is CCOP(=O)(OCC)C(C)C(=O)O[C@H]1C[C@H](O[Si](C)(C)C(C)(C)C)C=C2C=C[C@H](C)[C@H](CC[C@@H]3C[C@@H](O[Si](C)(C)C(C)(C)C)CC(=O)O3)C21. The van der Waals surface area contributed by atoms with Gasteiger partial charge in [-0.3, -0.25) is 14.2 Å². The molecule has 0 N–H and O–H groups in total. The number of allylic oxidation sites excluding steroid dienone is 2. The Hall–Kier alpha value is -1.08. The number of fused-ring (bicyclic) bond motifs is 1. The molecular formula is C37H67O9PSi2. The maximum Gasteiger partial charge on any atom is 0.344 e. The molecule has 2 aliphatic carbocycles. The molecule has 49 heavy (non-hydrogen) atoms.